The number of fused-ring (bicyclic) bond motifs is 1. The minimum absolute atomic E-state index is 0.251. The van der Waals surface area contributed by atoms with Gasteiger partial charge in [-0.2, -0.15) is 10.2 Å². The van der Waals surface area contributed by atoms with Crippen molar-refractivity contribution in [1.82, 2.24) is 29.9 Å². The number of benzene rings is 1. The molecule has 0 bridgehead atoms. The van der Waals surface area contributed by atoms with Crippen molar-refractivity contribution in [3.63, 3.8) is 0 Å². The summed E-state index contributed by atoms with van der Waals surface area (Å²) in [6.07, 6.45) is 5.26. The van der Waals surface area contributed by atoms with Crippen molar-refractivity contribution in [2.45, 2.75) is 31.7 Å². The van der Waals surface area contributed by atoms with Crippen LogP contribution in [0.4, 0.5) is 4.39 Å². The van der Waals surface area contributed by atoms with Crippen molar-refractivity contribution < 1.29 is 4.39 Å². The molecule has 6 nitrogen and oxygen atoms in total. The molecule has 1 aliphatic carbocycles. The first-order valence-electron chi connectivity index (χ1n) is 8.77. The molecule has 0 amide bonds. The number of halogens is 1. The van der Waals surface area contributed by atoms with E-state index in [9.17, 15) is 4.39 Å². The molecule has 3 heterocycles. The molecule has 1 saturated carbocycles. The van der Waals surface area contributed by atoms with Crippen LogP contribution in [-0.4, -0.2) is 29.9 Å². The van der Waals surface area contributed by atoms with Crippen LogP contribution in [-0.2, 0) is 6.54 Å². The van der Waals surface area contributed by atoms with Gasteiger partial charge >= 0.3 is 0 Å². The molecule has 26 heavy (non-hydrogen) atoms. The molecule has 0 aliphatic heterocycles. The minimum atomic E-state index is -0.251. The second-order valence-corrected chi connectivity index (χ2v) is 6.64. The lowest BCUT2D eigenvalue weighted by atomic mass is 9.85. The third-order valence-electron chi connectivity index (χ3n) is 4.99. The maximum absolute atomic E-state index is 14.1. The molecule has 1 aromatic carbocycles. The number of H-pyrrole nitrogens is 1. The van der Waals surface area contributed by atoms with Crippen molar-refractivity contribution in [2.24, 2.45) is 0 Å². The van der Waals surface area contributed by atoms with Gasteiger partial charge in [0.1, 0.15) is 17.3 Å². The molecule has 5 rings (SSSR count). The number of rotatable bonds is 4. The van der Waals surface area contributed by atoms with Crippen LogP contribution in [0.5, 0.6) is 0 Å². The molecule has 1 fully saturated rings. The van der Waals surface area contributed by atoms with E-state index in [4.69, 9.17) is 0 Å². The average molecular weight is 348 g/mol. The smallest absolute Gasteiger partial charge is 0.202 e. The lowest BCUT2D eigenvalue weighted by molar-refractivity contribution is 0.402. The lowest BCUT2D eigenvalue weighted by Gasteiger charge is -2.22. The van der Waals surface area contributed by atoms with Gasteiger partial charge in [0, 0.05) is 17.7 Å². The Hall–Kier alpha value is -3.09. The van der Waals surface area contributed by atoms with Crippen LogP contribution < -0.4 is 0 Å². The number of aromatic amines is 1. The quantitative estimate of drug-likeness (QED) is 0.611. The van der Waals surface area contributed by atoms with Crippen LogP contribution in [0.2, 0.25) is 0 Å². The van der Waals surface area contributed by atoms with Crippen LogP contribution in [0, 0.1) is 5.82 Å². The number of pyridine rings is 1. The summed E-state index contributed by atoms with van der Waals surface area (Å²) >= 11 is 0. The first kappa shape index (κ1) is 15.2. The van der Waals surface area contributed by atoms with Crippen LogP contribution in [0.25, 0.3) is 22.6 Å². The van der Waals surface area contributed by atoms with Crippen molar-refractivity contribution >= 4 is 11.0 Å². The minimum Gasteiger partial charge on any atom is -0.262 e. The van der Waals surface area contributed by atoms with Crippen LogP contribution in [0.3, 0.4) is 0 Å². The van der Waals surface area contributed by atoms with Crippen molar-refractivity contribution in [3.8, 4) is 11.5 Å². The van der Waals surface area contributed by atoms with E-state index in [0.717, 1.165) is 24.1 Å². The highest BCUT2D eigenvalue weighted by Crippen LogP contribution is 2.35. The van der Waals surface area contributed by atoms with Crippen molar-refractivity contribution in [3.05, 3.63) is 59.8 Å². The number of hydrogen-bond donors (Lipinski definition) is 1. The van der Waals surface area contributed by atoms with Gasteiger partial charge < -0.3 is 0 Å². The molecule has 0 spiro atoms. The Morgan fingerprint density at radius 1 is 1.15 bits per heavy atom. The summed E-state index contributed by atoms with van der Waals surface area (Å²) < 4.78 is 15.8. The number of nitrogens with zero attached hydrogens (tertiary/aromatic N) is 5. The maximum Gasteiger partial charge on any atom is 0.202 e. The Balaban J connectivity index is 1.58. The highest BCUT2D eigenvalue weighted by Gasteiger charge is 2.25. The van der Waals surface area contributed by atoms with E-state index in [-0.39, 0.29) is 5.82 Å². The Kier molecular flexibility index (Phi) is 3.51. The average Bonchev–Trinajstić information content (AvgIpc) is 3.21. The first-order valence-corrected chi connectivity index (χ1v) is 8.77. The maximum atomic E-state index is 14.1. The van der Waals surface area contributed by atoms with E-state index in [1.54, 1.807) is 23.0 Å². The summed E-state index contributed by atoms with van der Waals surface area (Å²) in [5, 5.41) is 12.9. The molecular weight excluding hydrogens is 331 g/mol. The third-order valence-corrected chi connectivity index (χ3v) is 4.99. The Labute approximate surface area is 149 Å². The second-order valence-electron chi connectivity index (χ2n) is 6.64. The van der Waals surface area contributed by atoms with E-state index >= 15 is 0 Å². The zero-order valence-corrected chi connectivity index (χ0v) is 14.1. The fraction of sp³-hybridized carbons (Fsp3) is 0.263. The van der Waals surface area contributed by atoms with E-state index in [1.807, 2.05) is 18.2 Å². The molecule has 0 saturated heterocycles. The van der Waals surface area contributed by atoms with Gasteiger partial charge in [-0.25, -0.2) is 19.0 Å². The largest absolute Gasteiger partial charge is 0.262 e. The molecule has 130 valence electrons. The summed E-state index contributed by atoms with van der Waals surface area (Å²) in [6, 6.07) is 10.5. The first-order chi connectivity index (χ1) is 12.8. The molecule has 0 unspecified atom stereocenters. The molecule has 7 heteroatoms. The van der Waals surface area contributed by atoms with Gasteiger partial charge in [-0.15, -0.1) is 0 Å². The topological polar surface area (TPSA) is 72.3 Å². The van der Waals surface area contributed by atoms with E-state index in [2.05, 4.69) is 25.3 Å². The molecular formula is C19H17FN6. The Morgan fingerprint density at radius 3 is 2.85 bits per heavy atom. The third kappa shape index (κ3) is 2.47. The fourth-order valence-electron chi connectivity index (χ4n) is 3.32. The van der Waals surface area contributed by atoms with Crippen LogP contribution >= 0.6 is 0 Å². The number of aromatic nitrogens is 6. The van der Waals surface area contributed by atoms with Crippen molar-refractivity contribution in [2.75, 3.05) is 0 Å². The predicted octanol–water partition coefficient (Wildman–Crippen LogP) is 3.67. The predicted molar refractivity (Wildman–Crippen MR) is 95.0 cm³/mol. The number of hydrogen-bond acceptors (Lipinski definition) is 4. The highest BCUT2D eigenvalue weighted by atomic mass is 19.1. The molecule has 1 N–H and O–H groups in total. The molecule has 4 aromatic rings. The van der Waals surface area contributed by atoms with Crippen molar-refractivity contribution in [1.29, 1.82) is 0 Å². The lowest BCUT2D eigenvalue weighted by Crippen LogP contribution is -2.10. The van der Waals surface area contributed by atoms with E-state index in [1.165, 1.54) is 12.5 Å². The second kappa shape index (κ2) is 6.01. The van der Waals surface area contributed by atoms with Gasteiger partial charge in [0.15, 0.2) is 5.65 Å². The van der Waals surface area contributed by atoms with Crippen LogP contribution in [0.15, 0.2) is 42.6 Å². The van der Waals surface area contributed by atoms with Crippen LogP contribution in [0.1, 0.15) is 36.6 Å². The van der Waals surface area contributed by atoms with Gasteiger partial charge in [-0.05, 0) is 31.0 Å². The summed E-state index contributed by atoms with van der Waals surface area (Å²) in [6.45, 7) is 0.306. The van der Waals surface area contributed by atoms with Gasteiger partial charge in [0.05, 0.1) is 11.9 Å². The van der Waals surface area contributed by atoms with E-state index in [0.29, 0.717) is 35.2 Å². The highest BCUT2D eigenvalue weighted by molar-refractivity contribution is 5.89. The molecule has 0 radical (unpaired) electrons. The molecule has 0 atom stereocenters. The standard InChI is InChI=1S/C19H17FN6/c20-15-9-2-1-5-13(15)11-26-19-14(8-4-10-21-19)16(25-26)18-22-17(23-24-18)12-6-3-7-12/h1-2,4-5,8-10,12H,3,6-7,11H2,(H,22,23,24). The summed E-state index contributed by atoms with van der Waals surface area (Å²) in [4.78, 5) is 9.08. The normalized spacial score (nSPS) is 14.7. The number of nitrogens with one attached hydrogen (secondary N) is 1. The summed E-state index contributed by atoms with van der Waals surface area (Å²) in [5.74, 6) is 1.71. The molecule has 3 aromatic heterocycles. The SMILES string of the molecule is Fc1ccccc1Cn1nc(-c2n[nH]c(C3CCC3)n2)c2cccnc21. The zero-order chi connectivity index (χ0) is 17.5. The zero-order valence-electron chi connectivity index (χ0n) is 14.1. The monoisotopic (exact) mass is 348 g/mol. The summed E-state index contributed by atoms with van der Waals surface area (Å²) in [5.41, 5.74) is 1.94. The Morgan fingerprint density at radius 2 is 2.04 bits per heavy atom. The fourth-order valence-corrected chi connectivity index (χ4v) is 3.32. The van der Waals surface area contributed by atoms with Gasteiger partial charge in [0.2, 0.25) is 5.82 Å². The van der Waals surface area contributed by atoms with Gasteiger partial charge in [-0.3, -0.25) is 5.10 Å². The van der Waals surface area contributed by atoms with E-state index < -0.39 is 0 Å². The summed E-state index contributed by atoms with van der Waals surface area (Å²) in [7, 11) is 0. The molecule has 1 aliphatic rings. The Bertz CT molecular complexity index is 1080. The van der Waals surface area contributed by atoms with Gasteiger partial charge in [-0.1, -0.05) is 24.6 Å². The van der Waals surface area contributed by atoms with Gasteiger partial charge in [0.25, 0.3) is 0 Å².